The molecule has 12 nitrogen and oxygen atoms in total. The number of hydrogen-bond donors (Lipinski definition) is 1. The Balaban J connectivity index is 1.42. The van der Waals surface area contributed by atoms with Crippen LogP contribution in [0.15, 0.2) is 84.9 Å². The van der Waals surface area contributed by atoms with Gasteiger partial charge < -0.3 is 34.1 Å². The lowest BCUT2D eigenvalue weighted by atomic mass is 10.00. The lowest BCUT2D eigenvalue weighted by molar-refractivity contribution is -0.140. The zero-order chi connectivity index (χ0) is 34.3. The number of aromatic nitrogens is 3. The fraction of sp³-hybridized carbons (Fsp3) is 0.297. The molecule has 0 bridgehead atoms. The molecule has 2 amide bonds. The van der Waals surface area contributed by atoms with Gasteiger partial charge in [-0.15, -0.1) is 5.10 Å². The SMILES string of the molecule is COc1cc(C(C(=O)Nc2ccc(N3CCOCC3)cc2)N(Cc2ccccc2C)C(=O)Cn2nnc3ccccc32)cc(OC)c1OC. The van der Waals surface area contributed by atoms with Crippen LogP contribution in [0.5, 0.6) is 17.2 Å². The van der Waals surface area contributed by atoms with Crippen molar-refractivity contribution in [3.8, 4) is 17.2 Å². The van der Waals surface area contributed by atoms with Gasteiger partial charge in [0.15, 0.2) is 11.5 Å². The topological polar surface area (TPSA) is 120 Å². The standard InChI is InChI=1S/C37H40N6O6/c1-25-9-5-6-10-26(25)23-42(34(44)24-43-31-12-8-7-11-30(31)39-40-43)35(27-21-32(46-2)36(48-4)33(22-27)47-3)37(45)38-28-13-15-29(16-14-28)41-17-19-49-20-18-41/h5-16,21-22,35H,17-20,23-24H2,1-4H3,(H,38,45). The number of amides is 2. The van der Waals surface area contributed by atoms with E-state index in [1.54, 1.807) is 21.7 Å². The van der Waals surface area contributed by atoms with Gasteiger partial charge in [0, 0.05) is 31.0 Å². The molecule has 1 fully saturated rings. The van der Waals surface area contributed by atoms with E-state index in [0.717, 1.165) is 29.9 Å². The molecule has 6 rings (SSSR count). The Labute approximate surface area is 285 Å². The molecule has 1 aromatic heterocycles. The Kier molecular flexibility index (Phi) is 10.2. The second-order valence-electron chi connectivity index (χ2n) is 11.7. The molecule has 1 N–H and O–H groups in total. The summed E-state index contributed by atoms with van der Waals surface area (Å²) in [4.78, 5) is 33.0. The summed E-state index contributed by atoms with van der Waals surface area (Å²) in [5.74, 6) is 0.330. The third-order valence-corrected chi connectivity index (χ3v) is 8.70. The van der Waals surface area contributed by atoms with Crippen LogP contribution >= 0.6 is 0 Å². The summed E-state index contributed by atoms with van der Waals surface area (Å²) in [6.45, 7) is 4.91. The van der Waals surface area contributed by atoms with E-state index in [0.29, 0.717) is 52.7 Å². The summed E-state index contributed by atoms with van der Waals surface area (Å²) in [6.07, 6.45) is 0. The predicted molar refractivity (Wildman–Crippen MR) is 186 cm³/mol. The fourth-order valence-electron chi connectivity index (χ4n) is 6.07. The van der Waals surface area contributed by atoms with Crippen molar-refractivity contribution in [3.05, 3.63) is 102 Å². The quantitative estimate of drug-likeness (QED) is 0.196. The van der Waals surface area contributed by atoms with Gasteiger partial charge in [0.25, 0.3) is 5.91 Å². The molecule has 49 heavy (non-hydrogen) atoms. The summed E-state index contributed by atoms with van der Waals surface area (Å²) in [6, 6.07) is 25.2. The van der Waals surface area contributed by atoms with Crippen molar-refractivity contribution in [3.63, 3.8) is 0 Å². The van der Waals surface area contributed by atoms with Crippen molar-refractivity contribution in [2.75, 3.05) is 57.8 Å². The molecule has 1 unspecified atom stereocenters. The lowest BCUT2D eigenvalue weighted by Crippen LogP contribution is -2.42. The van der Waals surface area contributed by atoms with E-state index in [2.05, 4.69) is 20.5 Å². The Morgan fingerprint density at radius 3 is 2.24 bits per heavy atom. The minimum atomic E-state index is -1.12. The molecular weight excluding hydrogens is 624 g/mol. The van der Waals surface area contributed by atoms with E-state index in [4.69, 9.17) is 18.9 Å². The Bertz CT molecular complexity index is 1900. The highest BCUT2D eigenvalue weighted by atomic mass is 16.5. The predicted octanol–water partition coefficient (Wildman–Crippen LogP) is 5.01. The van der Waals surface area contributed by atoms with E-state index in [9.17, 15) is 9.59 Å². The summed E-state index contributed by atoms with van der Waals surface area (Å²) < 4.78 is 24.0. The van der Waals surface area contributed by atoms with Gasteiger partial charge in [-0.05, 0) is 72.1 Å². The van der Waals surface area contributed by atoms with E-state index >= 15 is 0 Å². The molecule has 1 saturated heterocycles. The van der Waals surface area contributed by atoms with Crippen LogP contribution in [0.25, 0.3) is 11.0 Å². The number of hydrogen-bond acceptors (Lipinski definition) is 9. The molecule has 4 aromatic carbocycles. The van der Waals surface area contributed by atoms with E-state index in [1.807, 2.05) is 79.7 Å². The summed E-state index contributed by atoms with van der Waals surface area (Å²) in [5, 5.41) is 11.6. The number of benzene rings is 4. The maximum atomic E-state index is 14.6. The summed E-state index contributed by atoms with van der Waals surface area (Å²) in [5.41, 5.74) is 5.35. The van der Waals surface area contributed by atoms with E-state index in [-0.39, 0.29) is 19.0 Å². The van der Waals surface area contributed by atoms with Gasteiger partial charge in [0.1, 0.15) is 18.1 Å². The minimum absolute atomic E-state index is 0.142. The monoisotopic (exact) mass is 664 g/mol. The van der Waals surface area contributed by atoms with Gasteiger partial charge >= 0.3 is 0 Å². The van der Waals surface area contributed by atoms with Gasteiger partial charge in [-0.1, -0.05) is 41.6 Å². The molecule has 1 aliphatic heterocycles. The summed E-state index contributed by atoms with van der Waals surface area (Å²) >= 11 is 0. The molecule has 0 saturated carbocycles. The van der Waals surface area contributed by atoms with Gasteiger partial charge in [-0.2, -0.15) is 0 Å². The van der Waals surface area contributed by atoms with Crippen molar-refractivity contribution >= 4 is 34.2 Å². The molecule has 2 heterocycles. The first-order valence-electron chi connectivity index (χ1n) is 16.1. The van der Waals surface area contributed by atoms with Gasteiger partial charge in [-0.25, -0.2) is 4.68 Å². The first kappa shape index (κ1) is 33.3. The summed E-state index contributed by atoms with van der Waals surface area (Å²) in [7, 11) is 4.54. The largest absolute Gasteiger partial charge is 0.493 e. The number of aryl methyl sites for hydroxylation is 1. The number of morpholine rings is 1. The number of carbonyl (C=O) groups excluding carboxylic acids is 2. The van der Waals surface area contributed by atoms with Crippen molar-refractivity contribution < 1.29 is 28.5 Å². The molecule has 254 valence electrons. The van der Waals surface area contributed by atoms with Crippen LogP contribution in [-0.2, 0) is 27.4 Å². The zero-order valence-corrected chi connectivity index (χ0v) is 28.1. The number of rotatable bonds is 12. The van der Waals surface area contributed by atoms with E-state index in [1.165, 1.54) is 21.3 Å². The number of nitrogens with zero attached hydrogens (tertiary/aromatic N) is 5. The Morgan fingerprint density at radius 2 is 1.57 bits per heavy atom. The highest BCUT2D eigenvalue weighted by Crippen LogP contribution is 2.41. The first-order valence-corrected chi connectivity index (χ1v) is 16.1. The van der Waals surface area contributed by atoms with Crippen molar-refractivity contribution in [1.29, 1.82) is 0 Å². The maximum absolute atomic E-state index is 14.6. The molecular formula is C37H40N6O6. The lowest BCUT2D eigenvalue weighted by Gasteiger charge is -2.33. The van der Waals surface area contributed by atoms with Crippen molar-refractivity contribution in [1.82, 2.24) is 19.9 Å². The molecule has 5 aromatic rings. The van der Waals surface area contributed by atoms with E-state index < -0.39 is 11.9 Å². The molecule has 12 heteroatoms. The third kappa shape index (κ3) is 7.29. The molecule has 0 radical (unpaired) electrons. The van der Waals surface area contributed by atoms with Crippen molar-refractivity contribution in [2.24, 2.45) is 0 Å². The van der Waals surface area contributed by atoms with Crippen LogP contribution in [0.1, 0.15) is 22.7 Å². The smallest absolute Gasteiger partial charge is 0.251 e. The van der Waals surface area contributed by atoms with Crippen LogP contribution in [0.3, 0.4) is 0 Å². The number of fused-ring (bicyclic) bond motifs is 1. The highest BCUT2D eigenvalue weighted by molar-refractivity contribution is 5.98. The average molecular weight is 665 g/mol. The second kappa shape index (κ2) is 15.1. The number of methoxy groups -OCH3 is 3. The van der Waals surface area contributed by atoms with Crippen LogP contribution in [-0.4, -0.2) is 79.3 Å². The van der Waals surface area contributed by atoms with Crippen LogP contribution in [0.4, 0.5) is 11.4 Å². The molecule has 0 spiro atoms. The molecule has 0 aliphatic carbocycles. The number of ether oxygens (including phenoxy) is 4. The molecule has 1 aliphatic rings. The fourth-order valence-corrected chi connectivity index (χ4v) is 6.07. The van der Waals surface area contributed by atoms with Crippen LogP contribution in [0, 0.1) is 6.92 Å². The van der Waals surface area contributed by atoms with Crippen molar-refractivity contribution in [2.45, 2.75) is 26.1 Å². The molecule has 1 atom stereocenters. The second-order valence-corrected chi connectivity index (χ2v) is 11.7. The van der Waals surface area contributed by atoms with Crippen LogP contribution in [0.2, 0.25) is 0 Å². The Morgan fingerprint density at radius 1 is 0.898 bits per heavy atom. The number of nitrogens with one attached hydrogen (secondary N) is 1. The Hall–Kier alpha value is -5.62. The van der Waals surface area contributed by atoms with Gasteiger partial charge in [0.2, 0.25) is 11.7 Å². The van der Waals surface area contributed by atoms with Crippen LogP contribution < -0.4 is 24.4 Å². The minimum Gasteiger partial charge on any atom is -0.493 e. The maximum Gasteiger partial charge on any atom is 0.251 e. The number of anilines is 2. The zero-order valence-electron chi connectivity index (χ0n) is 28.1. The number of carbonyl (C=O) groups is 2. The first-order chi connectivity index (χ1) is 23.9. The third-order valence-electron chi connectivity index (χ3n) is 8.70. The number of para-hydroxylation sites is 1. The highest BCUT2D eigenvalue weighted by Gasteiger charge is 2.34. The normalized spacial score (nSPS) is 13.5. The van der Waals surface area contributed by atoms with Gasteiger partial charge in [-0.3, -0.25) is 9.59 Å². The average Bonchev–Trinajstić information content (AvgIpc) is 3.54. The van der Waals surface area contributed by atoms with Gasteiger partial charge in [0.05, 0.1) is 40.1 Å².